The molecule has 0 radical (unpaired) electrons. The number of H-pyrrole nitrogens is 1. The van der Waals surface area contributed by atoms with Gasteiger partial charge in [-0.15, -0.1) is 0 Å². The highest BCUT2D eigenvalue weighted by Crippen LogP contribution is 2.32. The lowest BCUT2D eigenvalue weighted by Gasteiger charge is -2.25. The summed E-state index contributed by atoms with van der Waals surface area (Å²) in [7, 11) is 3.48. The summed E-state index contributed by atoms with van der Waals surface area (Å²) in [4.78, 5) is 11.3. The van der Waals surface area contributed by atoms with Gasteiger partial charge in [0.1, 0.15) is 11.6 Å². The van der Waals surface area contributed by atoms with E-state index in [0.717, 1.165) is 36.2 Å². The Morgan fingerprint density at radius 1 is 1.38 bits per heavy atom. The minimum Gasteiger partial charge on any atom is -0.497 e. The van der Waals surface area contributed by atoms with E-state index >= 15 is 0 Å². The molecule has 0 bridgehead atoms. The Bertz CT molecular complexity index is 754. The zero-order valence-electron chi connectivity index (χ0n) is 16.0. The first kappa shape index (κ1) is 18.2. The van der Waals surface area contributed by atoms with E-state index in [1.165, 1.54) is 12.8 Å². The van der Waals surface area contributed by atoms with Crippen LogP contribution in [0, 0.1) is 5.41 Å². The van der Waals surface area contributed by atoms with E-state index in [4.69, 9.17) is 4.74 Å². The number of likely N-dealkylation sites (tertiary alicyclic amines) is 1. The normalized spacial score (nSPS) is 20.5. The number of hydrogen-bond acceptors (Lipinski definition) is 4. The van der Waals surface area contributed by atoms with Gasteiger partial charge in [-0.3, -0.25) is 10.1 Å². The summed E-state index contributed by atoms with van der Waals surface area (Å²) in [5, 5.41) is 10.7. The molecule has 2 heterocycles. The van der Waals surface area contributed by atoms with Gasteiger partial charge in [-0.1, -0.05) is 13.8 Å². The molecule has 1 atom stereocenters. The molecule has 0 amide bonds. The summed E-state index contributed by atoms with van der Waals surface area (Å²) in [6.07, 6.45) is 2.39. The lowest BCUT2D eigenvalue weighted by molar-refractivity contribution is 0.322. The maximum absolute atomic E-state index is 5.18. The van der Waals surface area contributed by atoms with Crippen LogP contribution in [0.4, 0.5) is 0 Å². The first-order valence-electron chi connectivity index (χ1n) is 9.08. The number of benzene rings is 1. The monoisotopic (exact) mass is 356 g/mol. The van der Waals surface area contributed by atoms with E-state index in [1.807, 2.05) is 31.3 Å². The van der Waals surface area contributed by atoms with E-state index in [2.05, 4.69) is 44.2 Å². The van der Waals surface area contributed by atoms with E-state index in [-0.39, 0.29) is 0 Å². The molecule has 1 aromatic carbocycles. The van der Waals surface area contributed by atoms with Crippen molar-refractivity contribution in [2.24, 2.45) is 10.4 Å². The summed E-state index contributed by atoms with van der Waals surface area (Å²) in [5.41, 5.74) is 1.33. The highest BCUT2D eigenvalue weighted by Gasteiger charge is 2.33. The third kappa shape index (κ3) is 3.98. The van der Waals surface area contributed by atoms with Gasteiger partial charge in [0.25, 0.3) is 0 Å². The van der Waals surface area contributed by atoms with Crippen LogP contribution in [0.3, 0.4) is 0 Å². The fourth-order valence-corrected chi connectivity index (χ4v) is 3.23. The second-order valence-electron chi connectivity index (χ2n) is 7.07. The maximum Gasteiger partial charge on any atom is 0.194 e. The fourth-order valence-electron chi connectivity index (χ4n) is 3.23. The van der Waals surface area contributed by atoms with Gasteiger partial charge in [0.15, 0.2) is 11.8 Å². The SMILES string of the molecule is CCC1(C)CCN(C(=NC)NCc2nc(-c3ccc(OC)cc3)n[nH]2)C1. The molecule has 3 rings (SSSR count). The molecule has 140 valence electrons. The van der Waals surface area contributed by atoms with Gasteiger partial charge in [-0.2, -0.15) is 5.10 Å². The number of aromatic amines is 1. The predicted molar refractivity (Wildman–Crippen MR) is 103 cm³/mol. The highest BCUT2D eigenvalue weighted by molar-refractivity contribution is 5.80. The number of ether oxygens (including phenoxy) is 1. The Balaban J connectivity index is 1.60. The first-order chi connectivity index (χ1) is 12.6. The van der Waals surface area contributed by atoms with Crippen LogP contribution in [-0.2, 0) is 6.54 Å². The molecular weight excluding hydrogens is 328 g/mol. The Morgan fingerprint density at radius 3 is 2.77 bits per heavy atom. The summed E-state index contributed by atoms with van der Waals surface area (Å²) in [5.74, 6) is 3.21. The van der Waals surface area contributed by atoms with Crippen LogP contribution in [0.15, 0.2) is 29.3 Å². The van der Waals surface area contributed by atoms with Crippen LogP contribution in [0.5, 0.6) is 5.75 Å². The molecule has 7 nitrogen and oxygen atoms in total. The summed E-state index contributed by atoms with van der Waals surface area (Å²) in [6.45, 7) is 7.25. The predicted octanol–water partition coefficient (Wildman–Crippen LogP) is 2.68. The Hall–Kier alpha value is -2.57. The van der Waals surface area contributed by atoms with Gasteiger partial charge >= 0.3 is 0 Å². The molecule has 2 aromatic rings. The highest BCUT2D eigenvalue weighted by atomic mass is 16.5. The van der Waals surface area contributed by atoms with Crippen molar-refractivity contribution in [1.82, 2.24) is 25.4 Å². The summed E-state index contributed by atoms with van der Waals surface area (Å²) >= 11 is 0. The molecule has 0 aliphatic carbocycles. The third-order valence-corrected chi connectivity index (χ3v) is 5.22. The van der Waals surface area contributed by atoms with Crippen molar-refractivity contribution >= 4 is 5.96 Å². The molecule has 1 fully saturated rings. The molecule has 1 aliphatic heterocycles. The average molecular weight is 356 g/mol. The van der Waals surface area contributed by atoms with Gasteiger partial charge in [0.05, 0.1) is 13.7 Å². The van der Waals surface area contributed by atoms with Crippen LogP contribution >= 0.6 is 0 Å². The van der Waals surface area contributed by atoms with Crippen LogP contribution in [-0.4, -0.2) is 53.3 Å². The molecule has 1 unspecified atom stereocenters. The van der Waals surface area contributed by atoms with Crippen LogP contribution in [0.1, 0.15) is 32.5 Å². The first-order valence-corrected chi connectivity index (χ1v) is 9.08. The minimum atomic E-state index is 0.380. The lowest BCUT2D eigenvalue weighted by Crippen LogP contribution is -2.40. The van der Waals surface area contributed by atoms with Crippen molar-refractivity contribution in [3.8, 4) is 17.1 Å². The fraction of sp³-hybridized carbons (Fsp3) is 0.526. The number of methoxy groups -OCH3 is 1. The minimum absolute atomic E-state index is 0.380. The molecule has 0 spiro atoms. The average Bonchev–Trinajstić information content (AvgIpc) is 3.30. The molecular formula is C19H28N6O. The Morgan fingerprint density at radius 2 is 2.15 bits per heavy atom. The number of rotatable bonds is 5. The van der Waals surface area contributed by atoms with Gasteiger partial charge < -0.3 is 15.0 Å². The van der Waals surface area contributed by atoms with Crippen molar-refractivity contribution in [2.75, 3.05) is 27.2 Å². The second kappa shape index (κ2) is 7.76. The number of hydrogen-bond donors (Lipinski definition) is 2. The summed E-state index contributed by atoms with van der Waals surface area (Å²) in [6, 6.07) is 7.72. The molecule has 0 saturated carbocycles. The van der Waals surface area contributed by atoms with E-state index in [9.17, 15) is 0 Å². The largest absolute Gasteiger partial charge is 0.497 e. The number of aromatic nitrogens is 3. The van der Waals surface area contributed by atoms with Crippen molar-refractivity contribution in [3.05, 3.63) is 30.1 Å². The van der Waals surface area contributed by atoms with Gasteiger partial charge in [-0.25, -0.2) is 4.98 Å². The molecule has 7 heteroatoms. The Kier molecular flexibility index (Phi) is 5.44. The quantitative estimate of drug-likeness (QED) is 0.636. The van der Waals surface area contributed by atoms with Crippen molar-refractivity contribution < 1.29 is 4.74 Å². The topological polar surface area (TPSA) is 78.4 Å². The van der Waals surface area contributed by atoms with E-state index in [0.29, 0.717) is 17.8 Å². The summed E-state index contributed by atoms with van der Waals surface area (Å²) < 4.78 is 5.18. The standard InChI is InChI=1S/C19H28N6O/c1-5-19(2)10-11-25(13-19)18(20-3)21-12-16-22-17(24-23-16)14-6-8-15(26-4)9-7-14/h6-9H,5,10-13H2,1-4H3,(H,20,21)(H,22,23,24). The molecule has 1 aromatic heterocycles. The van der Waals surface area contributed by atoms with Gasteiger partial charge in [0, 0.05) is 25.7 Å². The number of nitrogens with zero attached hydrogens (tertiary/aromatic N) is 4. The molecule has 2 N–H and O–H groups in total. The van der Waals surface area contributed by atoms with Gasteiger partial charge in [-0.05, 0) is 42.5 Å². The smallest absolute Gasteiger partial charge is 0.194 e. The molecule has 26 heavy (non-hydrogen) atoms. The second-order valence-corrected chi connectivity index (χ2v) is 7.07. The van der Waals surface area contributed by atoms with E-state index < -0.39 is 0 Å². The third-order valence-electron chi connectivity index (χ3n) is 5.22. The van der Waals surface area contributed by atoms with Crippen LogP contribution in [0.25, 0.3) is 11.4 Å². The zero-order valence-corrected chi connectivity index (χ0v) is 16.0. The number of nitrogens with one attached hydrogen (secondary N) is 2. The zero-order chi connectivity index (χ0) is 18.6. The van der Waals surface area contributed by atoms with Gasteiger partial charge in [0.2, 0.25) is 0 Å². The molecule has 1 aliphatic rings. The number of guanidine groups is 1. The van der Waals surface area contributed by atoms with Crippen molar-refractivity contribution in [3.63, 3.8) is 0 Å². The van der Waals surface area contributed by atoms with Crippen LogP contribution < -0.4 is 10.1 Å². The Labute approximate surface area is 154 Å². The van der Waals surface area contributed by atoms with Crippen LogP contribution in [0.2, 0.25) is 0 Å². The maximum atomic E-state index is 5.18. The van der Waals surface area contributed by atoms with Crippen molar-refractivity contribution in [2.45, 2.75) is 33.2 Å². The van der Waals surface area contributed by atoms with E-state index in [1.54, 1.807) is 7.11 Å². The lowest BCUT2D eigenvalue weighted by atomic mass is 9.87. The number of aliphatic imine (C=N–C) groups is 1. The van der Waals surface area contributed by atoms with Crippen molar-refractivity contribution in [1.29, 1.82) is 0 Å². The molecule has 1 saturated heterocycles.